The van der Waals surface area contributed by atoms with Crippen LogP contribution in [0.25, 0.3) is 5.65 Å². The number of thiazole rings is 1. The van der Waals surface area contributed by atoms with Crippen molar-refractivity contribution in [1.82, 2.24) is 14.4 Å². The predicted molar refractivity (Wildman–Crippen MR) is 87.2 cm³/mol. The molecule has 0 bridgehead atoms. The van der Waals surface area contributed by atoms with Gasteiger partial charge in [0.05, 0.1) is 21.4 Å². The largest absolute Gasteiger partial charge is 0.455 e. The van der Waals surface area contributed by atoms with E-state index in [-0.39, 0.29) is 12.2 Å². The van der Waals surface area contributed by atoms with Crippen molar-refractivity contribution in [3.05, 3.63) is 61.0 Å². The zero-order valence-corrected chi connectivity index (χ0v) is 13.9. The number of hydrogen-bond acceptors (Lipinski definition) is 6. The Labute approximate surface area is 140 Å². The number of fused-ring (bicyclic) bond motifs is 1. The number of halogens is 1. The van der Waals surface area contributed by atoms with Crippen LogP contribution in [-0.4, -0.2) is 20.3 Å². The van der Waals surface area contributed by atoms with Crippen molar-refractivity contribution >= 4 is 34.6 Å². The highest BCUT2D eigenvalue weighted by atomic mass is 35.5. The Balaban J connectivity index is 1.82. The molecule has 0 radical (unpaired) electrons. The predicted octanol–water partition coefficient (Wildman–Crippen LogP) is 2.78. The monoisotopic (exact) mass is 349 g/mol. The van der Waals surface area contributed by atoms with E-state index in [1.807, 2.05) is 6.92 Å². The Bertz CT molecular complexity index is 964. The van der Waals surface area contributed by atoms with E-state index in [0.29, 0.717) is 26.9 Å². The number of aromatic nitrogens is 3. The summed E-state index contributed by atoms with van der Waals surface area (Å²) in [6.45, 7) is 3.50. The second-order valence-corrected chi connectivity index (χ2v) is 6.52. The first-order chi connectivity index (χ1) is 10.9. The number of carbonyl (C=O) groups is 1. The number of esters is 1. The van der Waals surface area contributed by atoms with Gasteiger partial charge >= 0.3 is 5.97 Å². The maximum absolute atomic E-state index is 12.1. The highest BCUT2D eigenvalue weighted by Crippen LogP contribution is 2.18. The van der Waals surface area contributed by atoms with Gasteiger partial charge in [0.1, 0.15) is 17.1 Å². The average Bonchev–Trinajstić information content (AvgIpc) is 2.84. The molecule has 0 amide bonds. The van der Waals surface area contributed by atoms with E-state index in [9.17, 15) is 9.59 Å². The molecule has 8 heteroatoms. The molecule has 0 N–H and O–H groups in total. The summed E-state index contributed by atoms with van der Waals surface area (Å²) in [5, 5.41) is 1.24. The maximum Gasteiger partial charge on any atom is 0.350 e. The molecule has 3 heterocycles. The van der Waals surface area contributed by atoms with Gasteiger partial charge < -0.3 is 4.74 Å². The van der Waals surface area contributed by atoms with Gasteiger partial charge in [0.25, 0.3) is 5.56 Å². The lowest BCUT2D eigenvalue weighted by atomic mass is 10.3. The summed E-state index contributed by atoms with van der Waals surface area (Å²) in [4.78, 5) is 33.0. The molecule has 3 rings (SSSR count). The molecule has 0 aliphatic rings. The number of carbonyl (C=O) groups excluding carboxylic acids is 1. The van der Waals surface area contributed by atoms with E-state index < -0.39 is 5.97 Å². The fourth-order valence-electron chi connectivity index (χ4n) is 2.13. The Morgan fingerprint density at radius 3 is 2.83 bits per heavy atom. The van der Waals surface area contributed by atoms with Gasteiger partial charge in [-0.15, -0.1) is 11.3 Å². The van der Waals surface area contributed by atoms with Crippen LogP contribution >= 0.6 is 22.9 Å². The van der Waals surface area contributed by atoms with Crippen molar-refractivity contribution in [2.24, 2.45) is 0 Å². The Morgan fingerprint density at radius 2 is 2.13 bits per heavy atom. The SMILES string of the molecule is Cc1nc(C)c(C(=O)OCc2cc(=O)n3cc(Cl)ccc3n2)s1. The molecule has 23 heavy (non-hydrogen) atoms. The quantitative estimate of drug-likeness (QED) is 0.680. The fraction of sp³-hybridized carbons (Fsp3) is 0.200. The minimum Gasteiger partial charge on any atom is -0.455 e. The van der Waals surface area contributed by atoms with Crippen molar-refractivity contribution in [3.63, 3.8) is 0 Å². The number of rotatable bonds is 3. The van der Waals surface area contributed by atoms with Gasteiger partial charge in [-0.2, -0.15) is 0 Å². The van der Waals surface area contributed by atoms with Gasteiger partial charge in [0.2, 0.25) is 0 Å². The van der Waals surface area contributed by atoms with E-state index in [2.05, 4.69) is 9.97 Å². The number of ether oxygens (including phenoxy) is 1. The summed E-state index contributed by atoms with van der Waals surface area (Å²) in [6, 6.07) is 4.59. The number of hydrogen-bond donors (Lipinski definition) is 0. The summed E-state index contributed by atoms with van der Waals surface area (Å²) in [7, 11) is 0. The average molecular weight is 350 g/mol. The minimum absolute atomic E-state index is 0.0798. The number of pyridine rings is 1. The van der Waals surface area contributed by atoms with Crippen LogP contribution in [0.5, 0.6) is 0 Å². The van der Waals surface area contributed by atoms with Crippen LogP contribution < -0.4 is 5.56 Å². The van der Waals surface area contributed by atoms with Crippen LogP contribution in [0.4, 0.5) is 0 Å². The van der Waals surface area contributed by atoms with Gasteiger partial charge in [-0.3, -0.25) is 9.20 Å². The molecular weight excluding hydrogens is 338 g/mol. The van der Waals surface area contributed by atoms with Crippen LogP contribution in [0.2, 0.25) is 5.02 Å². The van der Waals surface area contributed by atoms with Gasteiger partial charge in [-0.1, -0.05) is 11.6 Å². The van der Waals surface area contributed by atoms with Crippen molar-refractivity contribution in [2.75, 3.05) is 0 Å². The molecule has 0 aromatic carbocycles. The zero-order chi connectivity index (χ0) is 16.6. The third-order valence-corrected chi connectivity index (χ3v) is 4.39. The van der Waals surface area contributed by atoms with Crippen LogP contribution in [0.15, 0.2) is 29.2 Å². The molecule has 3 aromatic rings. The molecular formula is C15H12ClN3O3S. The molecule has 3 aromatic heterocycles. The summed E-state index contributed by atoms with van der Waals surface area (Å²) in [5.41, 5.74) is 1.18. The molecule has 0 saturated heterocycles. The summed E-state index contributed by atoms with van der Waals surface area (Å²) >= 11 is 7.13. The summed E-state index contributed by atoms with van der Waals surface area (Å²) < 4.78 is 6.57. The number of nitrogens with zero attached hydrogens (tertiary/aromatic N) is 3. The summed E-state index contributed by atoms with van der Waals surface area (Å²) in [5.74, 6) is -0.466. The van der Waals surface area contributed by atoms with Gasteiger partial charge in [0, 0.05) is 12.3 Å². The Hall–Kier alpha value is -2.25. The smallest absolute Gasteiger partial charge is 0.350 e. The molecule has 0 saturated carbocycles. The van der Waals surface area contributed by atoms with Crippen LogP contribution in [0.1, 0.15) is 26.1 Å². The molecule has 0 atom stereocenters. The van der Waals surface area contributed by atoms with E-state index in [0.717, 1.165) is 5.01 Å². The van der Waals surface area contributed by atoms with Crippen molar-refractivity contribution < 1.29 is 9.53 Å². The van der Waals surface area contributed by atoms with Gasteiger partial charge in [-0.25, -0.2) is 14.8 Å². The molecule has 118 valence electrons. The van der Waals surface area contributed by atoms with Crippen molar-refractivity contribution in [3.8, 4) is 0 Å². The molecule has 0 aliphatic heterocycles. The lowest BCUT2D eigenvalue weighted by molar-refractivity contribution is 0.0472. The highest BCUT2D eigenvalue weighted by molar-refractivity contribution is 7.13. The van der Waals surface area contributed by atoms with E-state index in [1.165, 1.54) is 28.0 Å². The van der Waals surface area contributed by atoms with Crippen LogP contribution in [0.3, 0.4) is 0 Å². The topological polar surface area (TPSA) is 73.6 Å². The Morgan fingerprint density at radius 1 is 1.35 bits per heavy atom. The lowest BCUT2D eigenvalue weighted by Gasteiger charge is -2.05. The first-order valence-electron chi connectivity index (χ1n) is 6.73. The lowest BCUT2D eigenvalue weighted by Crippen LogP contribution is -2.16. The molecule has 0 unspecified atom stereocenters. The zero-order valence-electron chi connectivity index (χ0n) is 12.4. The molecule has 0 fully saturated rings. The first kappa shape index (κ1) is 15.6. The van der Waals surface area contributed by atoms with Crippen LogP contribution in [0, 0.1) is 13.8 Å². The Kier molecular flexibility index (Phi) is 4.14. The maximum atomic E-state index is 12.1. The van der Waals surface area contributed by atoms with Crippen LogP contribution in [-0.2, 0) is 11.3 Å². The van der Waals surface area contributed by atoms with Crippen molar-refractivity contribution in [2.45, 2.75) is 20.5 Å². The molecule has 0 aliphatic carbocycles. The number of aryl methyl sites for hydroxylation is 2. The third kappa shape index (κ3) is 3.25. The normalized spacial score (nSPS) is 10.9. The highest BCUT2D eigenvalue weighted by Gasteiger charge is 2.16. The standard InChI is InChI=1S/C15H12ClN3O3S/c1-8-14(23-9(2)17-8)15(21)22-7-11-5-13(20)19-6-10(16)3-4-12(19)18-11/h3-6H,7H2,1-2H3. The van der Waals surface area contributed by atoms with Crippen molar-refractivity contribution in [1.29, 1.82) is 0 Å². The first-order valence-corrected chi connectivity index (χ1v) is 7.92. The fourth-order valence-corrected chi connectivity index (χ4v) is 3.10. The minimum atomic E-state index is -0.466. The van der Waals surface area contributed by atoms with Gasteiger partial charge in [-0.05, 0) is 26.0 Å². The third-order valence-electron chi connectivity index (χ3n) is 3.12. The van der Waals surface area contributed by atoms with E-state index in [1.54, 1.807) is 19.1 Å². The van der Waals surface area contributed by atoms with E-state index >= 15 is 0 Å². The summed E-state index contributed by atoms with van der Waals surface area (Å²) in [6.07, 6.45) is 1.49. The molecule has 0 spiro atoms. The van der Waals surface area contributed by atoms with E-state index in [4.69, 9.17) is 16.3 Å². The second kappa shape index (κ2) is 6.10. The van der Waals surface area contributed by atoms with Gasteiger partial charge in [0.15, 0.2) is 0 Å². The second-order valence-electron chi connectivity index (χ2n) is 4.88. The molecule has 6 nitrogen and oxygen atoms in total.